The van der Waals surface area contributed by atoms with Crippen molar-refractivity contribution in [3.63, 3.8) is 0 Å². The molecule has 106 valence electrons. The Bertz CT molecular complexity index is 643. The predicted octanol–water partition coefficient (Wildman–Crippen LogP) is 1.26. The van der Waals surface area contributed by atoms with Gasteiger partial charge in [-0.25, -0.2) is 4.79 Å². The monoisotopic (exact) mass is 342 g/mol. The van der Waals surface area contributed by atoms with E-state index >= 15 is 0 Å². The second-order valence-corrected chi connectivity index (χ2v) is 4.63. The Balaban J connectivity index is 2.24. The van der Waals surface area contributed by atoms with E-state index in [0.717, 1.165) is 0 Å². The number of hydrogen-bond donors (Lipinski definition) is 1. The van der Waals surface area contributed by atoms with E-state index in [0.29, 0.717) is 21.8 Å². The van der Waals surface area contributed by atoms with Gasteiger partial charge in [-0.2, -0.15) is 4.80 Å². The number of rotatable bonds is 5. The molecule has 0 atom stereocenters. The van der Waals surface area contributed by atoms with Crippen LogP contribution in [0.1, 0.15) is 16.2 Å². The normalized spacial score (nSPS) is 10.3. The number of ether oxygens (including phenoxy) is 2. The molecule has 0 saturated carbocycles. The Hall–Kier alpha value is -2.16. The van der Waals surface area contributed by atoms with E-state index in [9.17, 15) is 4.79 Å². The molecule has 0 unspecified atom stereocenters. The Morgan fingerprint density at radius 2 is 2.25 bits per heavy atom. The lowest BCUT2D eigenvalue weighted by molar-refractivity contribution is 0.0696. The summed E-state index contributed by atoms with van der Waals surface area (Å²) >= 11 is 3.26. The van der Waals surface area contributed by atoms with E-state index in [1.165, 1.54) is 24.0 Å². The second kappa shape index (κ2) is 5.87. The predicted molar refractivity (Wildman–Crippen MR) is 70.8 cm³/mol. The molecule has 0 aliphatic heterocycles. The molecule has 1 N–H and O–H groups in total. The van der Waals surface area contributed by atoms with Crippen molar-refractivity contribution in [3.05, 3.63) is 28.0 Å². The third-order valence-corrected chi connectivity index (χ3v) is 2.96. The zero-order valence-corrected chi connectivity index (χ0v) is 12.3. The van der Waals surface area contributed by atoms with Crippen molar-refractivity contribution in [1.82, 2.24) is 20.2 Å². The highest BCUT2D eigenvalue weighted by Crippen LogP contribution is 2.37. The number of nitrogens with zero attached hydrogens (tertiary/aromatic N) is 4. The van der Waals surface area contributed by atoms with Crippen LogP contribution in [0.4, 0.5) is 0 Å². The number of methoxy groups -OCH3 is 1. The van der Waals surface area contributed by atoms with E-state index in [4.69, 9.17) is 14.6 Å². The van der Waals surface area contributed by atoms with E-state index < -0.39 is 5.97 Å². The Labute approximate surface area is 122 Å². The molecule has 0 radical (unpaired) electrons. The van der Waals surface area contributed by atoms with Gasteiger partial charge in [-0.1, -0.05) is 0 Å². The summed E-state index contributed by atoms with van der Waals surface area (Å²) in [6.07, 6.45) is 0. The number of carboxylic acids is 1. The third-order valence-electron chi connectivity index (χ3n) is 2.37. The molecule has 9 heteroatoms. The number of aryl methyl sites for hydroxylation is 1. The van der Waals surface area contributed by atoms with Crippen molar-refractivity contribution in [2.45, 2.75) is 6.61 Å². The van der Waals surface area contributed by atoms with Crippen LogP contribution in [0.15, 0.2) is 16.6 Å². The maximum atomic E-state index is 11.0. The molecule has 2 aromatic rings. The first-order valence-electron chi connectivity index (χ1n) is 5.47. The Morgan fingerprint density at radius 3 is 2.80 bits per heavy atom. The summed E-state index contributed by atoms with van der Waals surface area (Å²) in [7, 11) is 3.08. The molecule has 0 aliphatic carbocycles. The maximum Gasteiger partial charge on any atom is 0.335 e. The summed E-state index contributed by atoms with van der Waals surface area (Å²) < 4.78 is 11.2. The summed E-state index contributed by atoms with van der Waals surface area (Å²) in [5, 5.41) is 20.4. The van der Waals surface area contributed by atoms with Gasteiger partial charge in [0.2, 0.25) is 5.82 Å². The van der Waals surface area contributed by atoms with Gasteiger partial charge in [0.15, 0.2) is 18.1 Å². The van der Waals surface area contributed by atoms with Crippen LogP contribution in [-0.4, -0.2) is 38.4 Å². The molecular weight excluding hydrogens is 332 g/mol. The van der Waals surface area contributed by atoms with Crippen molar-refractivity contribution >= 4 is 21.9 Å². The van der Waals surface area contributed by atoms with E-state index in [-0.39, 0.29) is 12.2 Å². The molecule has 1 heterocycles. The number of carboxylic acid groups (broad SMARTS) is 1. The van der Waals surface area contributed by atoms with Gasteiger partial charge < -0.3 is 14.6 Å². The molecule has 20 heavy (non-hydrogen) atoms. The fourth-order valence-corrected chi connectivity index (χ4v) is 2.06. The Morgan fingerprint density at radius 1 is 1.50 bits per heavy atom. The number of aromatic carboxylic acids is 1. The highest BCUT2D eigenvalue weighted by molar-refractivity contribution is 9.10. The highest BCUT2D eigenvalue weighted by Gasteiger charge is 2.15. The van der Waals surface area contributed by atoms with Gasteiger partial charge in [0.1, 0.15) is 0 Å². The van der Waals surface area contributed by atoms with E-state index in [1.807, 2.05) is 0 Å². The minimum Gasteiger partial charge on any atom is -0.493 e. The molecule has 1 aromatic heterocycles. The zero-order valence-electron chi connectivity index (χ0n) is 10.7. The molecule has 2 rings (SSSR count). The van der Waals surface area contributed by atoms with Crippen LogP contribution in [0.2, 0.25) is 0 Å². The minimum absolute atomic E-state index is 0.0925. The summed E-state index contributed by atoms with van der Waals surface area (Å²) in [5.74, 6) is 0.0422. The molecule has 1 aromatic carbocycles. The fraction of sp³-hybridized carbons (Fsp3) is 0.273. The number of aromatic nitrogens is 4. The third kappa shape index (κ3) is 3.05. The molecule has 0 fully saturated rings. The molecule has 0 spiro atoms. The van der Waals surface area contributed by atoms with Crippen molar-refractivity contribution in [3.8, 4) is 11.5 Å². The molecule has 0 amide bonds. The topological polar surface area (TPSA) is 99.4 Å². The average Bonchev–Trinajstić information content (AvgIpc) is 2.82. The van der Waals surface area contributed by atoms with Gasteiger partial charge in [0.05, 0.1) is 24.2 Å². The number of halogens is 1. The number of tetrazole rings is 1. The average molecular weight is 343 g/mol. The minimum atomic E-state index is -1.05. The van der Waals surface area contributed by atoms with Gasteiger partial charge in [0, 0.05) is 0 Å². The smallest absolute Gasteiger partial charge is 0.335 e. The molecule has 0 bridgehead atoms. The molecule has 0 aliphatic rings. The number of hydrogen-bond acceptors (Lipinski definition) is 6. The SMILES string of the molecule is COc1cc(C(=O)O)cc(Br)c1OCc1nnn(C)n1. The van der Waals surface area contributed by atoms with Crippen LogP contribution in [0.3, 0.4) is 0 Å². The van der Waals surface area contributed by atoms with Crippen LogP contribution in [-0.2, 0) is 13.7 Å². The first-order valence-corrected chi connectivity index (χ1v) is 6.27. The summed E-state index contributed by atoms with van der Waals surface area (Å²) in [4.78, 5) is 12.3. The summed E-state index contributed by atoms with van der Waals surface area (Å²) in [6.45, 7) is 0.0925. The fourth-order valence-electron chi connectivity index (χ4n) is 1.50. The number of carbonyl (C=O) groups is 1. The highest BCUT2D eigenvalue weighted by atomic mass is 79.9. The van der Waals surface area contributed by atoms with Crippen molar-refractivity contribution < 1.29 is 19.4 Å². The van der Waals surface area contributed by atoms with Crippen LogP contribution >= 0.6 is 15.9 Å². The van der Waals surface area contributed by atoms with Crippen LogP contribution in [0.5, 0.6) is 11.5 Å². The first-order chi connectivity index (χ1) is 9.51. The van der Waals surface area contributed by atoms with Gasteiger partial charge >= 0.3 is 5.97 Å². The largest absolute Gasteiger partial charge is 0.493 e. The number of benzene rings is 1. The molecule has 8 nitrogen and oxygen atoms in total. The lowest BCUT2D eigenvalue weighted by atomic mass is 10.2. The van der Waals surface area contributed by atoms with Crippen LogP contribution in [0, 0.1) is 0 Å². The van der Waals surface area contributed by atoms with Crippen molar-refractivity contribution in [2.24, 2.45) is 7.05 Å². The lowest BCUT2D eigenvalue weighted by Crippen LogP contribution is -2.03. The van der Waals surface area contributed by atoms with Crippen LogP contribution in [0.25, 0.3) is 0 Å². The zero-order chi connectivity index (χ0) is 14.7. The Kier molecular flexibility index (Phi) is 4.18. The summed E-state index contributed by atoms with van der Waals surface area (Å²) in [6, 6.07) is 2.82. The van der Waals surface area contributed by atoms with Gasteiger partial charge in [0.25, 0.3) is 0 Å². The van der Waals surface area contributed by atoms with Gasteiger partial charge in [-0.3, -0.25) is 0 Å². The van der Waals surface area contributed by atoms with E-state index in [2.05, 4.69) is 31.3 Å². The van der Waals surface area contributed by atoms with Crippen molar-refractivity contribution in [2.75, 3.05) is 7.11 Å². The first kappa shape index (κ1) is 14.3. The van der Waals surface area contributed by atoms with Gasteiger partial charge in [-0.05, 0) is 33.3 Å². The van der Waals surface area contributed by atoms with E-state index in [1.54, 1.807) is 7.05 Å². The standard InChI is InChI=1S/C11H11BrN4O4/c1-16-14-9(13-15-16)5-20-10-7(12)3-6(11(17)18)4-8(10)19-2/h3-4H,5H2,1-2H3,(H,17,18). The lowest BCUT2D eigenvalue weighted by Gasteiger charge is -2.12. The molecule has 0 saturated heterocycles. The maximum absolute atomic E-state index is 11.0. The second-order valence-electron chi connectivity index (χ2n) is 3.78. The quantitative estimate of drug-likeness (QED) is 0.872. The summed E-state index contributed by atoms with van der Waals surface area (Å²) in [5.41, 5.74) is 0.0960. The van der Waals surface area contributed by atoms with Gasteiger partial charge in [-0.15, -0.1) is 10.2 Å². The van der Waals surface area contributed by atoms with Crippen LogP contribution < -0.4 is 9.47 Å². The van der Waals surface area contributed by atoms with Crippen molar-refractivity contribution in [1.29, 1.82) is 0 Å². The molecular formula is C11H11BrN4O4.